The fourth-order valence-corrected chi connectivity index (χ4v) is 1.37. The Kier molecular flexibility index (Phi) is 19.0. The maximum Gasteiger partial charge on any atom is -0.00489 e. The van der Waals surface area contributed by atoms with Gasteiger partial charge in [-0.05, 0) is 38.9 Å². The molecule has 3 N–H and O–H groups in total. The number of rotatable bonds is 4. The lowest BCUT2D eigenvalue weighted by atomic mass is 10.2. The van der Waals surface area contributed by atoms with Gasteiger partial charge in [0.25, 0.3) is 0 Å². The van der Waals surface area contributed by atoms with Crippen LogP contribution in [0.3, 0.4) is 0 Å². The summed E-state index contributed by atoms with van der Waals surface area (Å²) in [5.41, 5.74) is 5.27. The minimum atomic E-state index is 0. The first-order valence-electron chi connectivity index (χ1n) is 5.82. The third kappa shape index (κ3) is 14.9. The van der Waals surface area contributed by atoms with Crippen molar-refractivity contribution in [1.82, 2.24) is 5.32 Å². The Bertz CT molecular complexity index is 69.8. The molecule has 88 valence electrons. The normalized spacial score (nSPS) is 15.0. The lowest BCUT2D eigenvalue weighted by molar-refractivity contribution is 0.520. The number of nitrogens with one attached hydrogen (secondary N) is 1. The van der Waals surface area contributed by atoms with Crippen molar-refractivity contribution >= 4 is 17.0 Å². The molecule has 3 heteroatoms. The van der Waals surface area contributed by atoms with Crippen LogP contribution in [0.5, 0.6) is 0 Å². The molecule has 1 aliphatic heterocycles. The summed E-state index contributed by atoms with van der Waals surface area (Å²) in [6.45, 7) is 5.57. The van der Waals surface area contributed by atoms with E-state index in [1.54, 1.807) is 0 Å². The standard InChI is InChI=1S/C6H15N.C5H11N.BrH/c1-2-3-4-5-6-7;1-2-4-6-5-3-1;/h2-7H2,1H3;6H,1-5H2;1H. The smallest absolute Gasteiger partial charge is 0.00489 e. The number of nitrogens with two attached hydrogens (primary N) is 1. The molecule has 0 radical (unpaired) electrons. The lowest BCUT2D eigenvalue weighted by Gasteiger charge is -2.08. The highest BCUT2D eigenvalue weighted by Crippen LogP contribution is 1.96. The van der Waals surface area contributed by atoms with Crippen LogP contribution in [0.2, 0.25) is 0 Å². The lowest BCUT2D eigenvalue weighted by Crippen LogP contribution is -2.21. The van der Waals surface area contributed by atoms with Gasteiger partial charge in [0.1, 0.15) is 0 Å². The fraction of sp³-hybridized carbons (Fsp3) is 1.00. The van der Waals surface area contributed by atoms with E-state index in [4.69, 9.17) is 5.73 Å². The van der Waals surface area contributed by atoms with Crippen LogP contribution in [0.15, 0.2) is 0 Å². The minimum absolute atomic E-state index is 0. The molecule has 1 heterocycles. The van der Waals surface area contributed by atoms with Gasteiger partial charge >= 0.3 is 0 Å². The maximum atomic E-state index is 5.27. The van der Waals surface area contributed by atoms with Gasteiger partial charge in [-0.3, -0.25) is 0 Å². The van der Waals surface area contributed by atoms with Crippen LogP contribution in [-0.4, -0.2) is 19.6 Å². The molecule has 1 saturated heterocycles. The number of hydrogen-bond acceptors (Lipinski definition) is 2. The zero-order valence-corrected chi connectivity index (χ0v) is 11.3. The van der Waals surface area contributed by atoms with Gasteiger partial charge < -0.3 is 11.1 Å². The largest absolute Gasteiger partial charge is 0.330 e. The van der Waals surface area contributed by atoms with E-state index in [1.807, 2.05) is 0 Å². The SMILES string of the molecule is Br.C1CCNCC1.CCCCCCN. The van der Waals surface area contributed by atoms with E-state index >= 15 is 0 Å². The average molecular weight is 267 g/mol. The van der Waals surface area contributed by atoms with Gasteiger partial charge in [-0.2, -0.15) is 0 Å². The summed E-state index contributed by atoms with van der Waals surface area (Å²) < 4.78 is 0. The van der Waals surface area contributed by atoms with Crippen LogP contribution in [0.25, 0.3) is 0 Å². The first-order valence-corrected chi connectivity index (χ1v) is 5.82. The molecule has 1 rings (SSSR count). The Labute approximate surface area is 99.8 Å². The fourth-order valence-electron chi connectivity index (χ4n) is 1.37. The van der Waals surface area contributed by atoms with Crippen LogP contribution >= 0.6 is 17.0 Å². The molecule has 0 aromatic carbocycles. The number of piperidine rings is 1. The summed E-state index contributed by atoms with van der Waals surface area (Å²) in [6, 6.07) is 0. The van der Waals surface area contributed by atoms with Crippen molar-refractivity contribution in [3.8, 4) is 0 Å². The highest BCUT2D eigenvalue weighted by Gasteiger charge is 1.93. The number of halogens is 1. The molecule has 0 amide bonds. The predicted octanol–water partition coefficient (Wildman–Crippen LogP) is 2.86. The van der Waals surface area contributed by atoms with Crippen molar-refractivity contribution in [2.75, 3.05) is 19.6 Å². The molecule has 14 heavy (non-hydrogen) atoms. The summed E-state index contributed by atoms with van der Waals surface area (Å²) in [4.78, 5) is 0. The molecule has 0 saturated carbocycles. The van der Waals surface area contributed by atoms with Crippen molar-refractivity contribution in [1.29, 1.82) is 0 Å². The first-order chi connectivity index (χ1) is 6.41. The van der Waals surface area contributed by atoms with Gasteiger partial charge in [0.2, 0.25) is 0 Å². The monoisotopic (exact) mass is 266 g/mol. The molecule has 0 spiro atoms. The number of unbranched alkanes of at least 4 members (excludes halogenated alkanes) is 3. The molecule has 0 bridgehead atoms. The van der Waals surface area contributed by atoms with Gasteiger partial charge in [-0.1, -0.05) is 32.6 Å². The van der Waals surface area contributed by atoms with Crippen LogP contribution in [0, 0.1) is 0 Å². The quantitative estimate of drug-likeness (QED) is 0.769. The highest BCUT2D eigenvalue weighted by atomic mass is 79.9. The third-order valence-electron chi connectivity index (χ3n) is 2.26. The molecule has 1 fully saturated rings. The topological polar surface area (TPSA) is 38.0 Å². The zero-order valence-electron chi connectivity index (χ0n) is 9.56. The van der Waals surface area contributed by atoms with E-state index in [2.05, 4.69) is 12.2 Å². The van der Waals surface area contributed by atoms with Crippen LogP contribution in [0.1, 0.15) is 51.9 Å². The predicted molar refractivity (Wildman–Crippen MR) is 70.2 cm³/mol. The second kappa shape index (κ2) is 15.9. The third-order valence-corrected chi connectivity index (χ3v) is 2.26. The average Bonchev–Trinajstić information content (AvgIpc) is 2.22. The minimum Gasteiger partial charge on any atom is -0.330 e. The second-order valence-corrected chi connectivity index (χ2v) is 3.66. The molecule has 0 aromatic rings. The highest BCUT2D eigenvalue weighted by molar-refractivity contribution is 8.93. The molecular formula is C11H27BrN2. The summed E-state index contributed by atoms with van der Waals surface area (Å²) in [7, 11) is 0. The summed E-state index contributed by atoms with van der Waals surface area (Å²) in [6.07, 6.45) is 9.38. The van der Waals surface area contributed by atoms with Gasteiger partial charge in [0.15, 0.2) is 0 Å². The second-order valence-electron chi connectivity index (χ2n) is 3.66. The summed E-state index contributed by atoms with van der Waals surface area (Å²) >= 11 is 0. The Balaban J connectivity index is 0. The van der Waals surface area contributed by atoms with E-state index in [0.717, 1.165) is 6.54 Å². The Morgan fingerprint density at radius 1 is 1.00 bits per heavy atom. The van der Waals surface area contributed by atoms with E-state index in [9.17, 15) is 0 Å². The van der Waals surface area contributed by atoms with Crippen LogP contribution in [0.4, 0.5) is 0 Å². The van der Waals surface area contributed by atoms with E-state index in [-0.39, 0.29) is 17.0 Å². The molecular weight excluding hydrogens is 240 g/mol. The van der Waals surface area contributed by atoms with E-state index < -0.39 is 0 Å². The molecule has 0 aromatic heterocycles. The summed E-state index contributed by atoms with van der Waals surface area (Å²) in [5.74, 6) is 0. The van der Waals surface area contributed by atoms with Gasteiger partial charge in [0.05, 0.1) is 0 Å². The van der Waals surface area contributed by atoms with Gasteiger partial charge in [0, 0.05) is 0 Å². The number of hydrogen-bond donors (Lipinski definition) is 2. The molecule has 0 unspecified atom stereocenters. The van der Waals surface area contributed by atoms with Crippen LogP contribution in [-0.2, 0) is 0 Å². The van der Waals surface area contributed by atoms with Crippen molar-refractivity contribution in [2.45, 2.75) is 51.9 Å². The Morgan fingerprint density at radius 3 is 1.93 bits per heavy atom. The maximum absolute atomic E-state index is 5.27. The Morgan fingerprint density at radius 2 is 1.64 bits per heavy atom. The molecule has 2 nitrogen and oxygen atoms in total. The Hall–Kier alpha value is 0.400. The van der Waals surface area contributed by atoms with E-state index in [1.165, 1.54) is 58.0 Å². The summed E-state index contributed by atoms with van der Waals surface area (Å²) in [5, 5.41) is 3.28. The van der Waals surface area contributed by atoms with Crippen LogP contribution < -0.4 is 11.1 Å². The van der Waals surface area contributed by atoms with Gasteiger partial charge in [-0.15, -0.1) is 17.0 Å². The van der Waals surface area contributed by atoms with Crippen molar-refractivity contribution in [2.24, 2.45) is 5.73 Å². The molecule has 0 aliphatic carbocycles. The molecule has 1 aliphatic rings. The van der Waals surface area contributed by atoms with Crippen molar-refractivity contribution < 1.29 is 0 Å². The van der Waals surface area contributed by atoms with E-state index in [0.29, 0.717) is 0 Å². The first kappa shape index (κ1) is 16.8. The zero-order chi connectivity index (χ0) is 9.78. The molecule has 0 atom stereocenters. The van der Waals surface area contributed by atoms with Crippen molar-refractivity contribution in [3.63, 3.8) is 0 Å². The van der Waals surface area contributed by atoms with Crippen molar-refractivity contribution in [3.05, 3.63) is 0 Å². The van der Waals surface area contributed by atoms with Gasteiger partial charge in [-0.25, -0.2) is 0 Å².